The maximum atomic E-state index is 13.1. The Labute approximate surface area is 190 Å². The van der Waals surface area contributed by atoms with Crippen LogP contribution in [-0.4, -0.2) is 49.0 Å². The number of thiazole rings is 1. The summed E-state index contributed by atoms with van der Waals surface area (Å²) in [6.07, 6.45) is 0.413. The Morgan fingerprint density at radius 1 is 1.16 bits per heavy atom. The third kappa shape index (κ3) is 5.33. The zero-order chi connectivity index (χ0) is 23.3. The Kier molecular flexibility index (Phi) is 7.96. The number of amides is 1. The molecule has 0 spiro atoms. The molecule has 3 rings (SSSR count). The fraction of sp³-hybridized carbons (Fsp3) is 0.364. The van der Waals surface area contributed by atoms with E-state index in [0.717, 1.165) is 4.70 Å². The van der Waals surface area contributed by atoms with Gasteiger partial charge < -0.3 is 20.3 Å². The predicted octanol–water partition coefficient (Wildman–Crippen LogP) is 2.83. The van der Waals surface area contributed by atoms with Crippen LogP contribution >= 0.6 is 11.3 Å². The fourth-order valence-electron chi connectivity index (χ4n) is 3.36. The lowest BCUT2D eigenvalue weighted by atomic mass is 9.95. The van der Waals surface area contributed by atoms with Gasteiger partial charge in [0, 0.05) is 13.7 Å². The van der Waals surface area contributed by atoms with Gasteiger partial charge in [-0.1, -0.05) is 30.4 Å². The second kappa shape index (κ2) is 10.5. The first kappa shape index (κ1) is 24.3. The summed E-state index contributed by atoms with van der Waals surface area (Å²) < 4.78 is 30.1. The van der Waals surface area contributed by atoms with Gasteiger partial charge in [-0.25, -0.2) is 13.4 Å². The van der Waals surface area contributed by atoms with Crippen molar-refractivity contribution in [2.24, 2.45) is 0 Å². The number of benzene rings is 2. The van der Waals surface area contributed by atoms with Gasteiger partial charge in [0.1, 0.15) is 0 Å². The highest BCUT2D eigenvalue weighted by Crippen LogP contribution is 2.31. The molecule has 0 saturated carbocycles. The number of aliphatic hydroxyl groups excluding tert-OH is 2. The van der Waals surface area contributed by atoms with Crippen molar-refractivity contribution in [3.05, 3.63) is 53.1 Å². The lowest BCUT2D eigenvalue weighted by Crippen LogP contribution is -2.22. The molecule has 0 bridgehead atoms. The lowest BCUT2D eigenvalue weighted by molar-refractivity contribution is -0.118. The van der Waals surface area contributed by atoms with Gasteiger partial charge in [0.15, 0.2) is 15.0 Å². The van der Waals surface area contributed by atoms with Gasteiger partial charge in [-0.15, -0.1) is 0 Å². The van der Waals surface area contributed by atoms with Crippen LogP contribution in [0.4, 0.5) is 5.13 Å². The van der Waals surface area contributed by atoms with Crippen LogP contribution in [0.5, 0.6) is 0 Å². The maximum Gasteiger partial charge on any atom is 0.233 e. The Balaban J connectivity index is 1.86. The number of methoxy groups -OCH3 is 1. The molecule has 172 valence electrons. The number of aliphatic hydroxyl groups is 2. The number of nitrogens with one attached hydrogen (secondary N) is 1. The van der Waals surface area contributed by atoms with Gasteiger partial charge in [-0.2, -0.15) is 0 Å². The third-order valence-electron chi connectivity index (χ3n) is 5.23. The van der Waals surface area contributed by atoms with E-state index in [1.807, 2.05) is 0 Å². The third-order valence-corrected chi connectivity index (χ3v) is 7.91. The Bertz CT molecular complexity index is 1150. The molecule has 1 aromatic heterocycles. The second-order valence-corrected chi connectivity index (χ2v) is 10.5. The van der Waals surface area contributed by atoms with E-state index >= 15 is 0 Å². The van der Waals surface area contributed by atoms with Gasteiger partial charge in [-0.3, -0.25) is 4.79 Å². The van der Waals surface area contributed by atoms with E-state index in [9.17, 15) is 23.4 Å². The first-order valence-corrected chi connectivity index (χ1v) is 12.6. The standard InChI is InChI=1S/C22H26N2O6S2/c1-3-32(28,29)17-6-4-14(5-7-17)18(8-9-30-2)21(27)24-22-23-19-10-15(12-25)16(13-26)11-20(19)31-22/h4-7,10-11,18,25-26H,3,8-9,12-13H2,1-2H3,(H,23,24,27). The van der Waals surface area contributed by atoms with Crippen molar-refractivity contribution in [2.75, 3.05) is 24.8 Å². The van der Waals surface area contributed by atoms with Gasteiger partial charge in [-0.05, 0) is 47.4 Å². The monoisotopic (exact) mass is 478 g/mol. The summed E-state index contributed by atoms with van der Waals surface area (Å²) in [7, 11) is -1.77. The number of rotatable bonds is 10. The number of hydrogen-bond acceptors (Lipinski definition) is 8. The van der Waals surface area contributed by atoms with Crippen molar-refractivity contribution in [3.63, 3.8) is 0 Å². The summed E-state index contributed by atoms with van der Waals surface area (Å²) in [4.78, 5) is 17.7. The molecule has 3 N–H and O–H groups in total. The highest BCUT2D eigenvalue weighted by Gasteiger charge is 2.23. The van der Waals surface area contributed by atoms with Crippen LogP contribution in [0.15, 0.2) is 41.3 Å². The summed E-state index contributed by atoms with van der Waals surface area (Å²) in [5.74, 6) is -0.827. The Morgan fingerprint density at radius 2 is 1.81 bits per heavy atom. The fourth-order valence-corrected chi connectivity index (χ4v) is 5.16. The average Bonchev–Trinajstić information content (AvgIpc) is 3.19. The maximum absolute atomic E-state index is 13.1. The van der Waals surface area contributed by atoms with Crippen LogP contribution < -0.4 is 5.32 Å². The molecule has 10 heteroatoms. The molecule has 32 heavy (non-hydrogen) atoms. The van der Waals surface area contributed by atoms with Crippen molar-refractivity contribution >= 4 is 42.4 Å². The molecular formula is C22H26N2O6S2. The minimum atomic E-state index is -3.32. The molecule has 8 nitrogen and oxygen atoms in total. The quantitative estimate of drug-likeness (QED) is 0.409. The molecule has 0 aliphatic carbocycles. The number of sulfone groups is 1. The normalized spacial score (nSPS) is 12.8. The summed E-state index contributed by atoms with van der Waals surface area (Å²) in [6.45, 7) is 1.53. The van der Waals surface area contributed by atoms with Crippen LogP contribution in [0.3, 0.4) is 0 Å². The SMILES string of the molecule is CCS(=O)(=O)c1ccc(C(CCOC)C(=O)Nc2nc3cc(CO)c(CO)cc3s2)cc1. The minimum Gasteiger partial charge on any atom is -0.392 e. The van der Waals surface area contributed by atoms with Gasteiger partial charge in [0.25, 0.3) is 0 Å². The summed E-state index contributed by atoms with van der Waals surface area (Å²) in [5.41, 5.74) is 2.50. The molecule has 1 atom stereocenters. The topological polar surface area (TPSA) is 126 Å². The van der Waals surface area contributed by atoms with Crippen LogP contribution in [0.25, 0.3) is 10.2 Å². The molecule has 0 saturated heterocycles. The van der Waals surface area contributed by atoms with E-state index in [0.29, 0.717) is 40.4 Å². The highest BCUT2D eigenvalue weighted by molar-refractivity contribution is 7.91. The first-order valence-electron chi connectivity index (χ1n) is 10.1. The van der Waals surface area contributed by atoms with Crippen molar-refractivity contribution in [2.45, 2.75) is 37.4 Å². The zero-order valence-corrected chi connectivity index (χ0v) is 19.5. The number of hydrogen-bond donors (Lipinski definition) is 3. The number of fused-ring (bicyclic) bond motifs is 1. The Hall–Kier alpha value is -2.37. The summed E-state index contributed by atoms with van der Waals surface area (Å²) in [5, 5.41) is 22.2. The zero-order valence-electron chi connectivity index (χ0n) is 17.9. The molecule has 1 heterocycles. The molecule has 1 unspecified atom stereocenters. The van der Waals surface area contributed by atoms with E-state index in [1.54, 1.807) is 38.3 Å². The van der Waals surface area contributed by atoms with Crippen LogP contribution in [0, 0.1) is 0 Å². The first-order chi connectivity index (χ1) is 15.3. The van der Waals surface area contributed by atoms with Crippen LogP contribution in [0.1, 0.15) is 36.0 Å². The molecule has 1 amide bonds. The van der Waals surface area contributed by atoms with E-state index in [2.05, 4.69) is 10.3 Å². The largest absolute Gasteiger partial charge is 0.392 e. The smallest absolute Gasteiger partial charge is 0.233 e. The van der Waals surface area contributed by atoms with Crippen molar-refractivity contribution < 1.29 is 28.2 Å². The average molecular weight is 479 g/mol. The molecule has 0 fully saturated rings. The van der Waals surface area contributed by atoms with Gasteiger partial charge >= 0.3 is 0 Å². The van der Waals surface area contributed by atoms with Crippen LogP contribution in [0.2, 0.25) is 0 Å². The van der Waals surface area contributed by atoms with Crippen molar-refractivity contribution in [3.8, 4) is 0 Å². The van der Waals surface area contributed by atoms with E-state index in [1.165, 1.54) is 23.5 Å². The predicted molar refractivity (Wildman–Crippen MR) is 123 cm³/mol. The molecule has 0 aliphatic heterocycles. The van der Waals surface area contributed by atoms with E-state index < -0.39 is 15.8 Å². The number of carbonyl (C=O) groups excluding carboxylic acids is 1. The summed E-state index contributed by atoms with van der Waals surface area (Å²) >= 11 is 1.27. The van der Waals surface area contributed by atoms with Crippen molar-refractivity contribution in [1.82, 2.24) is 4.98 Å². The Morgan fingerprint density at radius 3 is 2.41 bits per heavy atom. The van der Waals surface area contributed by atoms with E-state index in [4.69, 9.17) is 4.74 Å². The van der Waals surface area contributed by atoms with Crippen LogP contribution in [-0.2, 0) is 32.6 Å². The number of ether oxygens (including phenoxy) is 1. The second-order valence-electron chi connectivity index (χ2n) is 7.22. The summed E-state index contributed by atoms with van der Waals surface area (Å²) in [6, 6.07) is 9.80. The number of carbonyl (C=O) groups is 1. The molecule has 0 radical (unpaired) electrons. The molecule has 2 aromatic carbocycles. The lowest BCUT2D eigenvalue weighted by Gasteiger charge is -2.16. The number of nitrogens with zero attached hydrogens (tertiary/aromatic N) is 1. The van der Waals surface area contributed by atoms with Crippen molar-refractivity contribution in [1.29, 1.82) is 0 Å². The number of anilines is 1. The van der Waals surface area contributed by atoms with Gasteiger partial charge in [0.05, 0.1) is 40.0 Å². The molecule has 0 aliphatic rings. The molecule has 3 aromatic rings. The molecular weight excluding hydrogens is 452 g/mol. The van der Waals surface area contributed by atoms with E-state index in [-0.39, 0.29) is 29.8 Å². The van der Waals surface area contributed by atoms with Gasteiger partial charge in [0.2, 0.25) is 5.91 Å². The minimum absolute atomic E-state index is 0.00747. The highest BCUT2D eigenvalue weighted by atomic mass is 32.2. The number of aromatic nitrogens is 1.